The summed E-state index contributed by atoms with van der Waals surface area (Å²) in [6.07, 6.45) is 6.20. The topological polar surface area (TPSA) is 3.24 Å². The van der Waals surface area contributed by atoms with Gasteiger partial charge < -0.3 is 4.90 Å². The van der Waals surface area contributed by atoms with Crippen LogP contribution in [0.15, 0.2) is 152 Å². The molecule has 0 spiro atoms. The summed E-state index contributed by atoms with van der Waals surface area (Å²) < 4.78 is 0. The van der Waals surface area contributed by atoms with E-state index in [4.69, 9.17) is 0 Å². The Hall–Kier alpha value is -5.14. The molecule has 49 heavy (non-hydrogen) atoms. The largest absolute Gasteiger partial charge is 0.335 e. The molecule has 0 N–H and O–H groups in total. The van der Waals surface area contributed by atoms with E-state index in [1.807, 2.05) is 0 Å². The Balaban J connectivity index is 1.32. The molecule has 0 saturated heterocycles. The molecule has 2 aliphatic carbocycles. The fourth-order valence-corrected chi connectivity index (χ4v) is 10.4. The van der Waals surface area contributed by atoms with Gasteiger partial charge in [-0.1, -0.05) is 153 Å². The van der Waals surface area contributed by atoms with E-state index >= 15 is 0 Å². The highest BCUT2D eigenvalue weighted by atomic mass is 15.2. The van der Waals surface area contributed by atoms with Gasteiger partial charge in [0.15, 0.2) is 0 Å². The van der Waals surface area contributed by atoms with Crippen molar-refractivity contribution in [3.8, 4) is 11.1 Å². The molecule has 0 radical (unpaired) electrons. The monoisotopic (exact) mass is 631 g/mol. The summed E-state index contributed by atoms with van der Waals surface area (Å²) in [7, 11) is 0. The van der Waals surface area contributed by atoms with Crippen LogP contribution in [-0.4, -0.2) is 5.54 Å². The smallest absolute Gasteiger partial charge is 0.0714 e. The molecule has 2 atom stereocenters. The molecule has 1 fully saturated rings. The van der Waals surface area contributed by atoms with E-state index in [9.17, 15) is 0 Å². The third-order valence-electron chi connectivity index (χ3n) is 12.9. The Morgan fingerprint density at radius 3 is 2.00 bits per heavy atom. The molecule has 1 aliphatic heterocycles. The highest BCUT2D eigenvalue weighted by Gasteiger charge is 2.54. The van der Waals surface area contributed by atoms with Gasteiger partial charge in [-0.15, -0.1) is 0 Å². The number of benzene rings is 7. The summed E-state index contributed by atoms with van der Waals surface area (Å²) >= 11 is 0. The maximum absolute atomic E-state index is 2.76. The first-order chi connectivity index (χ1) is 24.0. The van der Waals surface area contributed by atoms with Gasteiger partial charge in [0.25, 0.3) is 0 Å². The molecule has 1 heterocycles. The van der Waals surface area contributed by atoms with Crippen molar-refractivity contribution in [3.63, 3.8) is 0 Å². The van der Waals surface area contributed by atoms with E-state index in [0.717, 1.165) is 6.42 Å². The van der Waals surface area contributed by atoms with Gasteiger partial charge in [-0.3, -0.25) is 0 Å². The lowest BCUT2D eigenvalue weighted by atomic mass is 9.57. The third kappa shape index (κ3) is 3.82. The number of fused-ring (bicyclic) bond motifs is 9. The summed E-state index contributed by atoms with van der Waals surface area (Å²) in [5.74, 6) is 0. The quantitative estimate of drug-likeness (QED) is 0.175. The van der Waals surface area contributed by atoms with Crippen molar-refractivity contribution >= 4 is 32.9 Å². The zero-order valence-corrected chi connectivity index (χ0v) is 28.4. The fourth-order valence-electron chi connectivity index (χ4n) is 10.4. The van der Waals surface area contributed by atoms with Crippen LogP contribution in [0, 0.1) is 5.41 Å². The second kappa shape index (κ2) is 10.4. The van der Waals surface area contributed by atoms with Crippen LogP contribution in [-0.2, 0) is 11.8 Å². The van der Waals surface area contributed by atoms with Crippen molar-refractivity contribution in [1.29, 1.82) is 0 Å². The highest BCUT2D eigenvalue weighted by molar-refractivity contribution is 6.14. The van der Waals surface area contributed by atoms with Crippen LogP contribution < -0.4 is 4.90 Å². The van der Waals surface area contributed by atoms with Crippen molar-refractivity contribution in [2.24, 2.45) is 5.41 Å². The lowest BCUT2D eigenvalue weighted by Crippen LogP contribution is -2.60. The van der Waals surface area contributed by atoms with E-state index in [1.165, 1.54) is 97.5 Å². The number of para-hydroxylation sites is 1. The van der Waals surface area contributed by atoms with Gasteiger partial charge in [0, 0.05) is 16.9 Å². The molecular formula is C48H41N. The van der Waals surface area contributed by atoms with Crippen LogP contribution in [0.1, 0.15) is 67.3 Å². The van der Waals surface area contributed by atoms with Gasteiger partial charge in [-0.25, -0.2) is 0 Å². The maximum atomic E-state index is 2.76. The highest BCUT2D eigenvalue weighted by Crippen LogP contribution is 2.61. The molecule has 7 aromatic rings. The Bertz CT molecular complexity index is 2370. The Morgan fingerprint density at radius 1 is 0.531 bits per heavy atom. The molecule has 0 aromatic heterocycles. The lowest BCUT2D eigenvalue weighted by Gasteiger charge is -2.60. The lowest BCUT2D eigenvalue weighted by molar-refractivity contribution is 0.0862. The van der Waals surface area contributed by atoms with Gasteiger partial charge >= 0.3 is 0 Å². The predicted octanol–water partition coefficient (Wildman–Crippen LogP) is 12.4. The minimum Gasteiger partial charge on any atom is -0.335 e. The van der Waals surface area contributed by atoms with Crippen molar-refractivity contribution in [2.45, 2.75) is 56.9 Å². The first kappa shape index (κ1) is 28.8. The molecule has 10 rings (SSSR count). The van der Waals surface area contributed by atoms with E-state index in [-0.39, 0.29) is 11.0 Å². The number of hydrogen-bond acceptors (Lipinski definition) is 1. The van der Waals surface area contributed by atoms with E-state index < -0.39 is 5.41 Å². The van der Waals surface area contributed by atoms with E-state index in [0.29, 0.717) is 0 Å². The zero-order chi connectivity index (χ0) is 32.8. The molecule has 7 aromatic carbocycles. The minimum absolute atomic E-state index is 0.0209. The number of hydrogen-bond donors (Lipinski definition) is 0. The van der Waals surface area contributed by atoms with Crippen LogP contribution in [0.4, 0.5) is 11.4 Å². The minimum atomic E-state index is -0.463. The predicted molar refractivity (Wildman–Crippen MR) is 206 cm³/mol. The molecule has 0 amide bonds. The molecule has 2 unspecified atom stereocenters. The summed E-state index contributed by atoms with van der Waals surface area (Å²) in [6, 6.07) is 57.6. The van der Waals surface area contributed by atoms with Crippen molar-refractivity contribution < 1.29 is 0 Å². The van der Waals surface area contributed by atoms with Crippen LogP contribution >= 0.6 is 0 Å². The Morgan fingerprint density at radius 2 is 1.20 bits per heavy atom. The summed E-state index contributed by atoms with van der Waals surface area (Å²) in [5.41, 5.74) is 12.0. The standard InChI is InChI=1S/C48H41N/c1-46-29-13-14-30-47(46,2)49(44-22-12-10-16-34(44)32-46)37-24-26-41-43(31-37)48(35-17-5-3-6-18-35,36-19-7-4-8-20-36)42-28-27-39-38-21-11-9-15-33(38)23-25-40(39)45(41)42/h3-12,15-28,31H,13-14,29-30,32H2,1-2H3. The molecular weight excluding hydrogens is 591 g/mol. The van der Waals surface area contributed by atoms with Gasteiger partial charge in [-0.2, -0.15) is 0 Å². The first-order valence-corrected chi connectivity index (χ1v) is 18.1. The third-order valence-corrected chi connectivity index (χ3v) is 12.9. The molecule has 3 aliphatic rings. The van der Waals surface area contributed by atoms with Gasteiger partial charge in [0.1, 0.15) is 0 Å². The molecule has 1 heteroatoms. The number of rotatable bonds is 3. The van der Waals surface area contributed by atoms with Gasteiger partial charge in [-0.05, 0) is 110 Å². The van der Waals surface area contributed by atoms with Crippen molar-refractivity contribution in [2.75, 3.05) is 4.90 Å². The summed E-state index contributed by atoms with van der Waals surface area (Å²) in [4.78, 5) is 2.76. The van der Waals surface area contributed by atoms with E-state index in [1.54, 1.807) is 0 Å². The summed E-state index contributed by atoms with van der Waals surface area (Å²) in [5, 5.41) is 5.24. The number of anilines is 2. The second-order valence-corrected chi connectivity index (χ2v) is 15.3. The average Bonchev–Trinajstić information content (AvgIpc) is 3.45. The van der Waals surface area contributed by atoms with Crippen LogP contribution in [0.2, 0.25) is 0 Å². The van der Waals surface area contributed by atoms with Crippen LogP contribution in [0.5, 0.6) is 0 Å². The average molecular weight is 632 g/mol. The summed E-state index contributed by atoms with van der Waals surface area (Å²) in [6.45, 7) is 5.12. The number of nitrogens with zero attached hydrogens (tertiary/aromatic N) is 1. The van der Waals surface area contributed by atoms with Gasteiger partial charge in [0.05, 0.1) is 5.41 Å². The fraction of sp³-hybridized carbons (Fsp3) is 0.208. The zero-order valence-electron chi connectivity index (χ0n) is 28.4. The van der Waals surface area contributed by atoms with Crippen molar-refractivity contribution in [1.82, 2.24) is 0 Å². The van der Waals surface area contributed by atoms with E-state index in [2.05, 4.69) is 170 Å². The van der Waals surface area contributed by atoms with Crippen LogP contribution in [0.25, 0.3) is 32.7 Å². The molecule has 238 valence electrons. The SMILES string of the molecule is CC12CCCCC1(C)N(c1ccc3c(c1)C(c1ccccc1)(c1ccccc1)c1ccc4c(ccc5ccccc54)c1-3)c1ccccc1C2. The molecule has 1 saturated carbocycles. The maximum Gasteiger partial charge on any atom is 0.0714 e. The Labute approximate surface area is 289 Å². The molecule has 1 nitrogen and oxygen atoms in total. The molecule has 0 bridgehead atoms. The Kier molecular flexibility index (Phi) is 6.14. The second-order valence-electron chi connectivity index (χ2n) is 15.3. The van der Waals surface area contributed by atoms with Crippen LogP contribution in [0.3, 0.4) is 0 Å². The van der Waals surface area contributed by atoms with Crippen molar-refractivity contribution in [3.05, 3.63) is 179 Å². The van der Waals surface area contributed by atoms with Gasteiger partial charge in [0.2, 0.25) is 0 Å². The first-order valence-electron chi connectivity index (χ1n) is 18.1. The normalized spacial score (nSPS) is 22.0.